The number of aliphatic hydroxyl groups is 1. The fourth-order valence-corrected chi connectivity index (χ4v) is 2.31. The van der Waals surface area contributed by atoms with Crippen molar-refractivity contribution in [1.29, 1.82) is 5.26 Å². The molecule has 0 unspecified atom stereocenters. The van der Waals surface area contributed by atoms with E-state index in [-0.39, 0.29) is 6.61 Å². The second kappa shape index (κ2) is 5.84. The minimum Gasteiger partial charge on any atom is -0.422 e. The standard InChI is InChI=1S/C16H13N3O3/c17-6-3-7-19-9-12(10-20)15(18-19)13-8-11-4-1-2-5-14(11)22-16(13)21/h1-2,4-5,8-9,20H,3,7,10H2. The molecule has 2 heterocycles. The first-order valence-corrected chi connectivity index (χ1v) is 6.80. The summed E-state index contributed by atoms with van der Waals surface area (Å²) in [5.74, 6) is 0. The summed E-state index contributed by atoms with van der Waals surface area (Å²) in [6, 6.07) is 10.9. The number of para-hydroxylation sites is 1. The Balaban J connectivity index is 2.14. The van der Waals surface area contributed by atoms with Crippen molar-refractivity contribution >= 4 is 11.0 Å². The maximum atomic E-state index is 12.2. The molecule has 0 aliphatic carbocycles. The highest BCUT2D eigenvalue weighted by molar-refractivity contribution is 5.81. The third kappa shape index (κ3) is 2.50. The van der Waals surface area contributed by atoms with Crippen molar-refractivity contribution in [2.24, 2.45) is 0 Å². The molecule has 6 nitrogen and oxygen atoms in total. The Bertz CT molecular complexity index is 918. The maximum Gasteiger partial charge on any atom is 0.345 e. The van der Waals surface area contributed by atoms with Gasteiger partial charge in [0.25, 0.3) is 0 Å². The van der Waals surface area contributed by atoms with Crippen molar-refractivity contribution < 1.29 is 9.52 Å². The first-order chi connectivity index (χ1) is 10.7. The quantitative estimate of drug-likeness (QED) is 0.744. The molecule has 0 fully saturated rings. The number of fused-ring (bicyclic) bond motifs is 1. The van der Waals surface area contributed by atoms with Crippen molar-refractivity contribution in [2.75, 3.05) is 0 Å². The number of rotatable bonds is 4. The van der Waals surface area contributed by atoms with Crippen LogP contribution >= 0.6 is 0 Å². The third-order valence-electron chi connectivity index (χ3n) is 3.36. The van der Waals surface area contributed by atoms with E-state index in [1.807, 2.05) is 18.2 Å². The molecule has 0 aliphatic rings. The number of hydrogen-bond donors (Lipinski definition) is 1. The van der Waals surface area contributed by atoms with Crippen molar-refractivity contribution in [3.8, 4) is 17.3 Å². The first kappa shape index (κ1) is 14.0. The lowest BCUT2D eigenvalue weighted by Crippen LogP contribution is -2.05. The van der Waals surface area contributed by atoms with Crippen LogP contribution in [0.2, 0.25) is 0 Å². The van der Waals surface area contributed by atoms with Crippen molar-refractivity contribution in [3.05, 3.63) is 52.5 Å². The van der Waals surface area contributed by atoms with E-state index >= 15 is 0 Å². The van der Waals surface area contributed by atoms with Crippen molar-refractivity contribution in [3.63, 3.8) is 0 Å². The SMILES string of the molecule is N#CCCn1cc(CO)c(-c2cc3ccccc3oc2=O)n1. The zero-order chi connectivity index (χ0) is 15.5. The topological polar surface area (TPSA) is 92.0 Å². The predicted octanol–water partition coefficient (Wildman–Crippen LogP) is 2.06. The Morgan fingerprint density at radius 1 is 1.36 bits per heavy atom. The van der Waals surface area contributed by atoms with Crippen LogP contribution in [0.3, 0.4) is 0 Å². The number of aryl methyl sites for hydroxylation is 1. The first-order valence-electron chi connectivity index (χ1n) is 6.80. The number of benzene rings is 1. The smallest absolute Gasteiger partial charge is 0.345 e. The largest absolute Gasteiger partial charge is 0.422 e. The molecule has 0 atom stereocenters. The van der Waals surface area contributed by atoms with E-state index in [4.69, 9.17) is 9.68 Å². The molecule has 2 aromatic heterocycles. The molecule has 1 aromatic carbocycles. The van der Waals surface area contributed by atoms with Gasteiger partial charge in [-0.05, 0) is 12.1 Å². The summed E-state index contributed by atoms with van der Waals surface area (Å²) < 4.78 is 6.85. The zero-order valence-electron chi connectivity index (χ0n) is 11.7. The molecular formula is C16H13N3O3. The average Bonchev–Trinajstić information content (AvgIpc) is 2.95. The molecule has 0 spiro atoms. The van der Waals surface area contributed by atoms with E-state index < -0.39 is 5.63 Å². The Morgan fingerprint density at radius 3 is 2.95 bits per heavy atom. The lowest BCUT2D eigenvalue weighted by atomic mass is 10.1. The molecule has 0 radical (unpaired) electrons. The second-order valence-electron chi connectivity index (χ2n) is 4.82. The molecule has 0 saturated carbocycles. The van der Waals surface area contributed by atoms with Gasteiger partial charge in [0.2, 0.25) is 0 Å². The van der Waals surface area contributed by atoms with Crippen LogP contribution in [-0.2, 0) is 13.2 Å². The van der Waals surface area contributed by atoms with Crippen LogP contribution in [-0.4, -0.2) is 14.9 Å². The van der Waals surface area contributed by atoms with Gasteiger partial charge in [-0.1, -0.05) is 18.2 Å². The molecule has 0 amide bonds. The highest BCUT2D eigenvalue weighted by Gasteiger charge is 2.15. The molecule has 6 heteroatoms. The lowest BCUT2D eigenvalue weighted by molar-refractivity contribution is 0.282. The van der Waals surface area contributed by atoms with Gasteiger partial charge < -0.3 is 9.52 Å². The third-order valence-corrected chi connectivity index (χ3v) is 3.36. The van der Waals surface area contributed by atoms with Crippen LogP contribution < -0.4 is 5.63 Å². The van der Waals surface area contributed by atoms with Gasteiger partial charge in [0.15, 0.2) is 0 Å². The number of aromatic nitrogens is 2. The normalized spacial score (nSPS) is 10.7. The van der Waals surface area contributed by atoms with Crippen molar-refractivity contribution in [1.82, 2.24) is 9.78 Å². The van der Waals surface area contributed by atoms with Crippen LogP contribution in [0.25, 0.3) is 22.2 Å². The molecule has 3 aromatic rings. The molecule has 3 rings (SSSR count). The average molecular weight is 295 g/mol. The van der Waals surface area contributed by atoms with Gasteiger partial charge in [-0.2, -0.15) is 10.4 Å². The van der Waals surface area contributed by atoms with Gasteiger partial charge in [-0.15, -0.1) is 0 Å². The fraction of sp³-hybridized carbons (Fsp3) is 0.188. The Labute approximate surface area is 125 Å². The highest BCUT2D eigenvalue weighted by Crippen LogP contribution is 2.23. The van der Waals surface area contributed by atoms with Gasteiger partial charge >= 0.3 is 5.63 Å². The summed E-state index contributed by atoms with van der Waals surface area (Å²) >= 11 is 0. The molecule has 0 bridgehead atoms. The monoisotopic (exact) mass is 295 g/mol. The lowest BCUT2D eigenvalue weighted by Gasteiger charge is -2.01. The maximum absolute atomic E-state index is 12.2. The van der Waals surface area contributed by atoms with Gasteiger partial charge in [0, 0.05) is 17.1 Å². The van der Waals surface area contributed by atoms with Crippen LogP contribution in [0, 0.1) is 11.3 Å². The number of aliphatic hydroxyl groups excluding tert-OH is 1. The number of hydrogen-bond acceptors (Lipinski definition) is 5. The fourth-order valence-electron chi connectivity index (χ4n) is 2.31. The molecular weight excluding hydrogens is 282 g/mol. The van der Waals surface area contributed by atoms with Gasteiger partial charge in [-0.25, -0.2) is 4.79 Å². The Morgan fingerprint density at radius 2 is 2.18 bits per heavy atom. The van der Waals surface area contributed by atoms with Crippen molar-refractivity contribution in [2.45, 2.75) is 19.6 Å². The second-order valence-corrected chi connectivity index (χ2v) is 4.82. The summed E-state index contributed by atoms with van der Waals surface area (Å²) in [6.07, 6.45) is 1.94. The van der Waals surface area contributed by atoms with Crippen LogP contribution in [0.15, 0.2) is 45.7 Å². The summed E-state index contributed by atoms with van der Waals surface area (Å²) in [7, 11) is 0. The van der Waals surface area contributed by atoms with E-state index in [9.17, 15) is 9.90 Å². The summed E-state index contributed by atoms with van der Waals surface area (Å²) in [4.78, 5) is 12.2. The Kier molecular flexibility index (Phi) is 3.73. The zero-order valence-corrected chi connectivity index (χ0v) is 11.7. The molecule has 110 valence electrons. The van der Waals surface area contributed by atoms with E-state index in [0.29, 0.717) is 35.4 Å². The predicted molar refractivity (Wildman–Crippen MR) is 79.9 cm³/mol. The molecule has 0 saturated heterocycles. The highest BCUT2D eigenvalue weighted by atomic mass is 16.4. The van der Waals surface area contributed by atoms with E-state index in [1.54, 1.807) is 29.1 Å². The Hall–Kier alpha value is -2.91. The molecule has 22 heavy (non-hydrogen) atoms. The van der Waals surface area contributed by atoms with Crippen LogP contribution in [0.5, 0.6) is 0 Å². The minimum absolute atomic E-state index is 0.242. The summed E-state index contributed by atoms with van der Waals surface area (Å²) in [5, 5.41) is 23.2. The number of nitrogens with zero attached hydrogens (tertiary/aromatic N) is 3. The van der Waals surface area contributed by atoms with E-state index in [1.165, 1.54) is 0 Å². The summed E-state index contributed by atoms with van der Waals surface area (Å²) in [5.41, 5.74) is 1.23. The number of nitriles is 1. The summed E-state index contributed by atoms with van der Waals surface area (Å²) in [6.45, 7) is 0.163. The van der Waals surface area contributed by atoms with E-state index in [0.717, 1.165) is 5.39 Å². The van der Waals surface area contributed by atoms with Crippen LogP contribution in [0.4, 0.5) is 0 Å². The van der Waals surface area contributed by atoms with Gasteiger partial charge in [0.1, 0.15) is 11.3 Å². The van der Waals surface area contributed by atoms with Gasteiger partial charge in [0.05, 0.1) is 31.2 Å². The minimum atomic E-state index is -0.501. The van der Waals surface area contributed by atoms with Gasteiger partial charge in [-0.3, -0.25) is 4.68 Å². The van der Waals surface area contributed by atoms with Crippen LogP contribution in [0.1, 0.15) is 12.0 Å². The molecule has 1 N–H and O–H groups in total. The van der Waals surface area contributed by atoms with E-state index in [2.05, 4.69) is 5.10 Å². The molecule has 0 aliphatic heterocycles.